The molecule has 0 bridgehead atoms. The number of carbonyl (C=O) groups is 2. The third kappa shape index (κ3) is 5.14. The van der Waals surface area contributed by atoms with Crippen molar-refractivity contribution in [2.75, 3.05) is 54.5 Å². The summed E-state index contributed by atoms with van der Waals surface area (Å²) >= 11 is 0. The zero-order valence-corrected chi connectivity index (χ0v) is 25.3. The normalized spacial score (nSPS) is 21.7. The fourth-order valence-corrected chi connectivity index (χ4v) is 6.75. The lowest BCUT2D eigenvalue weighted by Crippen LogP contribution is -2.46. The Hall–Kier alpha value is -3.97. The molecule has 1 fully saturated rings. The number of nitrogens with zero attached hydrogens (tertiary/aromatic N) is 1. The summed E-state index contributed by atoms with van der Waals surface area (Å²) < 4.78 is 61.7. The van der Waals surface area contributed by atoms with E-state index in [0.717, 1.165) is 11.2 Å². The van der Waals surface area contributed by atoms with Crippen molar-refractivity contribution in [2.24, 2.45) is 0 Å². The molecule has 0 aliphatic carbocycles. The number of rotatable bonds is 11. The average Bonchev–Trinajstić information content (AvgIpc) is 3.51. The lowest BCUT2D eigenvalue weighted by molar-refractivity contribution is -0.0879. The van der Waals surface area contributed by atoms with Crippen LogP contribution in [-0.4, -0.2) is 91.8 Å². The van der Waals surface area contributed by atoms with Gasteiger partial charge in [-0.15, -0.1) is 0 Å². The highest BCUT2D eigenvalue weighted by Gasteiger charge is 2.56. The molecular weight excluding hydrogens is 578 g/mol. The van der Waals surface area contributed by atoms with Gasteiger partial charge >= 0.3 is 0 Å². The largest absolute Gasteiger partial charge is 0.493 e. The van der Waals surface area contributed by atoms with Crippen molar-refractivity contribution in [3.63, 3.8) is 0 Å². The molecule has 3 aromatic rings. The first-order chi connectivity index (χ1) is 20.6. The van der Waals surface area contributed by atoms with E-state index in [4.69, 9.17) is 28.4 Å². The highest BCUT2D eigenvalue weighted by atomic mass is 32.2. The van der Waals surface area contributed by atoms with Crippen LogP contribution in [0.1, 0.15) is 31.8 Å². The molecule has 12 heteroatoms. The maximum Gasteiger partial charge on any atom is 0.261 e. The van der Waals surface area contributed by atoms with Gasteiger partial charge in [-0.1, -0.05) is 30.3 Å². The molecule has 3 aromatic carbocycles. The van der Waals surface area contributed by atoms with E-state index >= 15 is 0 Å². The first-order valence-electron chi connectivity index (χ1n) is 13.5. The van der Waals surface area contributed by atoms with Gasteiger partial charge in [0.2, 0.25) is 5.75 Å². The van der Waals surface area contributed by atoms with Crippen molar-refractivity contribution < 1.29 is 46.4 Å². The second-order valence-corrected chi connectivity index (χ2v) is 12.1. The Kier molecular flexibility index (Phi) is 8.48. The van der Waals surface area contributed by atoms with Gasteiger partial charge in [0.25, 0.3) is 11.8 Å². The highest BCUT2D eigenvalue weighted by molar-refractivity contribution is 7.90. The Balaban J connectivity index is 1.62. The molecule has 0 saturated carbocycles. The van der Waals surface area contributed by atoms with E-state index in [-0.39, 0.29) is 24.7 Å². The second-order valence-electron chi connectivity index (χ2n) is 10.1. The quantitative estimate of drug-likeness (QED) is 0.299. The highest BCUT2D eigenvalue weighted by Crippen LogP contribution is 2.51. The van der Waals surface area contributed by atoms with Crippen LogP contribution in [0.15, 0.2) is 65.6 Å². The van der Waals surface area contributed by atoms with Crippen molar-refractivity contribution in [2.45, 2.75) is 22.7 Å². The lowest BCUT2D eigenvalue weighted by atomic mass is 9.80. The number of imide groups is 1. The standard InChI is InChI=1S/C31H33NO10S/c1-37-23-16-19(17-24(38-2)27(23)40-4)31(22-12-8-9-13-26(22)43(5,35)36)28(25(39-3)18-42-31)41-15-14-32-29(33)20-10-6-7-11-21(20)30(32)34/h6-13,16-17,25,28H,14-15,18H2,1-5H3. The predicted molar refractivity (Wildman–Crippen MR) is 155 cm³/mol. The van der Waals surface area contributed by atoms with E-state index in [1.165, 1.54) is 34.5 Å². The van der Waals surface area contributed by atoms with Crippen molar-refractivity contribution >= 4 is 21.7 Å². The molecule has 0 spiro atoms. The molecule has 11 nitrogen and oxygen atoms in total. The molecule has 2 heterocycles. The first-order valence-corrected chi connectivity index (χ1v) is 15.3. The summed E-state index contributed by atoms with van der Waals surface area (Å²) in [4.78, 5) is 27.1. The Bertz CT molecular complexity index is 1600. The predicted octanol–water partition coefficient (Wildman–Crippen LogP) is 3.09. The molecule has 2 amide bonds. The van der Waals surface area contributed by atoms with Gasteiger partial charge < -0.3 is 28.4 Å². The number of fused-ring (bicyclic) bond motifs is 1. The lowest BCUT2D eigenvalue weighted by Gasteiger charge is -2.38. The van der Waals surface area contributed by atoms with Gasteiger partial charge in [-0.2, -0.15) is 0 Å². The Morgan fingerprint density at radius 1 is 0.884 bits per heavy atom. The molecule has 3 atom stereocenters. The van der Waals surface area contributed by atoms with Crippen molar-refractivity contribution in [1.29, 1.82) is 0 Å². The van der Waals surface area contributed by atoms with Crippen LogP contribution in [0.25, 0.3) is 0 Å². The van der Waals surface area contributed by atoms with Crippen LogP contribution in [0.3, 0.4) is 0 Å². The first kappa shape index (κ1) is 30.5. The van der Waals surface area contributed by atoms with Gasteiger partial charge in [0.1, 0.15) is 17.8 Å². The van der Waals surface area contributed by atoms with E-state index in [2.05, 4.69) is 0 Å². The number of hydrogen-bond acceptors (Lipinski definition) is 10. The fraction of sp³-hybridized carbons (Fsp3) is 0.355. The molecule has 3 unspecified atom stereocenters. The summed E-state index contributed by atoms with van der Waals surface area (Å²) in [5, 5.41) is 0. The molecule has 2 aliphatic rings. The second kappa shape index (κ2) is 12.0. The fourth-order valence-electron chi connectivity index (χ4n) is 5.80. The number of sulfone groups is 1. The number of carbonyl (C=O) groups excluding carboxylic acids is 2. The smallest absolute Gasteiger partial charge is 0.261 e. The minimum absolute atomic E-state index is 0.0365. The molecule has 43 heavy (non-hydrogen) atoms. The molecule has 0 N–H and O–H groups in total. The summed E-state index contributed by atoms with van der Waals surface area (Å²) in [5.41, 5.74) is -0.101. The van der Waals surface area contributed by atoms with Gasteiger partial charge in [0.15, 0.2) is 21.3 Å². The topological polar surface area (TPSA) is 127 Å². The minimum Gasteiger partial charge on any atom is -0.493 e. The molecule has 228 valence electrons. The van der Waals surface area contributed by atoms with Crippen LogP contribution in [0.2, 0.25) is 0 Å². The summed E-state index contributed by atoms with van der Waals surface area (Å²) in [7, 11) is 2.18. The molecule has 1 saturated heterocycles. The van der Waals surface area contributed by atoms with Gasteiger partial charge in [0.05, 0.1) is 57.1 Å². The van der Waals surface area contributed by atoms with E-state index in [1.54, 1.807) is 54.6 Å². The van der Waals surface area contributed by atoms with Gasteiger partial charge in [-0.05, 0) is 35.9 Å². The monoisotopic (exact) mass is 611 g/mol. The van der Waals surface area contributed by atoms with Crippen LogP contribution in [0.4, 0.5) is 0 Å². The maximum absolute atomic E-state index is 13.1. The van der Waals surface area contributed by atoms with Crippen molar-refractivity contribution in [3.05, 3.63) is 82.9 Å². The van der Waals surface area contributed by atoms with Crippen LogP contribution in [0, 0.1) is 0 Å². The average molecular weight is 612 g/mol. The Labute approximate surface area is 250 Å². The van der Waals surface area contributed by atoms with E-state index < -0.39 is 39.5 Å². The van der Waals surface area contributed by atoms with Crippen LogP contribution >= 0.6 is 0 Å². The number of amides is 2. The maximum atomic E-state index is 13.1. The Morgan fingerprint density at radius 3 is 2.00 bits per heavy atom. The number of benzene rings is 3. The van der Waals surface area contributed by atoms with E-state index in [9.17, 15) is 18.0 Å². The van der Waals surface area contributed by atoms with Crippen molar-refractivity contribution in [3.8, 4) is 17.2 Å². The number of ether oxygens (including phenoxy) is 6. The SMILES string of the molecule is COc1cc(C2(c3ccccc3S(C)(=O)=O)OCC(OC)C2OCCN2C(=O)c3ccccc3C2=O)cc(OC)c1OC. The summed E-state index contributed by atoms with van der Waals surface area (Å²) in [6, 6.07) is 16.5. The summed E-state index contributed by atoms with van der Waals surface area (Å²) in [6.45, 7) is -0.0755. The van der Waals surface area contributed by atoms with Gasteiger partial charge in [-0.3, -0.25) is 14.5 Å². The molecular formula is C31H33NO10S. The molecule has 0 aromatic heterocycles. The summed E-state index contributed by atoms with van der Waals surface area (Å²) in [6.07, 6.45) is -0.470. The number of hydrogen-bond donors (Lipinski definition) is 0. The van der Waals surface area contributed by atoms with E-state index in [0.29, 0.717) is 39.5 Å². The Morgan fingerprint density at radius 2 is 1.47 bits per heavy atom. The van der Waals surface area contributed by atoms with Crippen LogP contribution in [-0.2, 0) is 29.6 Å². The number of methoxy groups -OCH3 is 4. The van der Waals surface area contributed by atoms with Crippen LogP contribution < -0.4 is 14.2 Å². The zero-order valence-electron chi connectivity index (χ0n) is 24.5. The molecule has 5 rings (SSSR count). The van der Waals surface area contributed by atoms with E-state index in [1.807, 2.05) is 0 Å². The van der Waals surface area contributed by atoms with Crippen LogP contribution in [0.5, 0.6) is 17.2 Å². The third-order valence-corrected chi connectivity index (χ3v) is 8.94. The molecule has 0 radical (unpaired) electrons. The minimum atomic E-state index is -3.75. The van der Waals surface area contributed by atoms with Crippen molar-refractivity contribution in [1.82, 2.24) is 4.90 Å². The third-order valence-electron chi connectivity index (χ3n) is 7.79. The zero-order chi connectivity index (χ0) is 30.9. The summed E-state index contributed by atoms with van der Waals surface area (Å²) in [5.74, 6) is 0.163. The van der Waals surface area contributed by atoms with Gasteiger partial charge in [0, 0.05) is 18.9 Å². The molecule has 2 aliphatic heterocycles. The van der Waals surface area contributed by atoms with Gasteiger partial charge in [-0.25, -0.2) is 8.42 Å².